The Morgan fingerprint density at radius 3 is 2.76 bits per heavy atom. The Kier molecular flexibility index (Phi) is 4.82. The molecule has 1 saturated heterocycles. The fraction of sp³-hybridized carbons (Fsp3) is 0.222. The van der Waals surface area contributed by atoms with Crippen LogP contribution in [-0.4, -0.2) is 49.7 Å². The number of hydrogen-bond donors (Lipinski definition) is 1. The highest BCUT2D eigenvalue weighted by molar-refractivity contribution is 5.95. The highest BCUT2D eigenvalue weighted by Gasteiger charge is 2.28. The molecule has 0 bridgehead atoms. The van der Waals surface area contributed by atoms with Gasteiger partial charge in [0.2, 0.25) is 0 Å². The Morgan fingerprint density at radius 1 is 1.15 bits per heavy atom. The molecule has 1 amide bonds. The summed E-state index contributed by atoms with van der Waals surface area (Å²) < 4.78 is 4.25. The van der Waals surface area contributed by atoms with Crippen molar-refractivity contribution in [1.29, 1.82) is 0 Å². The lowest BCUT2D eigenvalue weighted by Crippen LogP contribution is -2.29. The predicted molar refractivity (Wildman–Crippen MR) is 129 cm³/mol. The standard InChI is InChI=1S/C27H23N5O2/c1-28-23-5-2-19(3-6-23)21-13-25-26-29-9-11-32(26)24-7-4-20(12-22(24)16-31(25)15-21)27(34)30-10-8-18(14-30)17-33/h2-7,9,11-13,15,18,33H,8,10,14,16-17H2. The fourth-order valence-corrected chi connectivity index (χ4v) is 5.01. The van der Waals surface area contributed by atoms with Crippen LogP contribution in [0, 0.1) is 12.5 Å². The van der Waals surface area contributed by atoms with Crippen LogP contribution in [0.5, 0.6) is 0 Å². The maximum atomic E-state index is 13.2. The lowest BCUT2D eigenvalue weighted by Gasteiger charge is -2.18. The quantitative estimate of drug-likeness (QED) is 0.416. The van der Waals surface area contributed by atoms with Crippen molar-refractivity contribution >= 4 is 11.6 Å². The average Bonchev–Trinajstić information content (AvgIpc) is 3.62. The Morgan fingerprint density at radius 2 is 2.00 bits per heavy atom. The van der Waals surface area contributed by atoms with Crippen molar-refractivity contribution in [2.24, 2.45) is 5.92 Å². The Bertz CT molecular complexity index is 1440. The number of carbonyl (C=O) groups excluding carboxylic acids is 1. The number of hydrogen-bond acceptors (Lipinski definition) is 3. The minimum Gasteiger partial charge on any atom is -0.396 e. The first-order chi connectivity index (χ1) is 16.6. The molecule has 2 aliphatic heterocycles. The van der Waals surface area contributed by atoms with Crippen molar-refractivity contribution in [2.45, 2.75) is 13.0 Å². The van der Waals surface area contributed by atoms with Crippen LogP contribution in [0.15, 0.2) is 67.1 Å². The Balaban J connectivity index is 1.39. The van der Waals surface area contributed by atoms with Gasteiger partial charge in [0, 0.05) is 61.9 Å². The molecule has 0 saturated carbocycles. The monoisotopic (exact) mass is 449 g/mol. The number of carbonyl (C=O) groups is 1. The molecular formula is C27H23N5O2. The first kappa shape index (κ1) is 20.5. The fourth-order valence-electron chi connectivity index (χ4n) is 5.01. The lowest BCUT2D eigenvalue weighted by atomic mass is 10.1. The largest absolute Gasteiger partial charge is 0.396 e. The normalized spacial score (nSPS) is 16.4. The molecule has 34 heavy (non-hydrogen) atoms. The number of aromatic nitrogens is 3. The summed E-state index contributed by atoms with van der Waals surface area (Å²) in [4.78, 5) is 23.1. The summed E-state index contributed by atoms with van der Waals surface area (Å²) >= 11 is 0. The third kappa shape index (κ3) is 3.31. The van der Waals surface area contributed by atoms with Crippen LogP contribution < -0.4 is 0 Å². The molecule has 6 rings (SSSR count). The van der Waals surface area contributed by atoms with Crippen molar-refractivity contribution < 1.29 is 9.90 Å². The van der Waals surface area contributed by atoms with Gasteiger partial charge in [0.05, 0.1) is 18.0 Å². The van der Waals surface area contributed by atoms with Crippen LogP contribution in [0.3, 0.4) is 0 Å². The van der Waals surface area contributed by atoms with Crippen molar-refractivity contribution in [3.8, 4) is 28.3 Å². The molecular weight excluding hydrogens is 426 g/mol. The molecule has 7 heteroatoms. The first-order valence-corrected chi connectivity index (χ1v) is 11.4. The summed E-state index contributed by atoms with van der Waals surface area (Å²) in [5, 5.41) is 9.44. The summed E-state index contributed by atoms with van der Waals surface area (Å²) in [7, 11) is 0. The van der Waals surface area contributed by atoms with Gasteiger partial charge in [-0.15, -0.1) is 0 Å². The van der Waals surface area contributed by atoms with Crippen LogP contribution >= 0.6 is 0 Å². The molecule has 0 aliphatic carbocycles. The van der Waals surface area contributed by atoms with Gasteiger partial charge in [-0.05, 0) is 41.8 Å². The zero-order chi connectivity index (χ0) is 23.2. The Labute approximate surface area is 197 Å². The lowest BCUT2D eigenvalue weighted by molar-refractivity contribution is 0.0781. The second-order valence-electron chi connectivity index (χ2n) is 8.95. The summed E-state index contributed by atoms with van der Waals surface area (Å²) in [6, 6.07) is 15.6. The summed E-state index contributed by atoms with van der Waals surface area (Å²) in [6.07, 6.45) is 6.70. The van der Waals surface area contributed by atoms with Gasteiger partial charge in [-0.2, -0.15) is 0 Å². The van der Waals surface area contributed by atoms with Crippen LogP contribution in [0.4, 0.5) is 5.69 Å². The molecule has 4 aromatic rings. The molecule has 1 unspecified atom stereocenters. The van der Waals surface area contributed by atoms with E-state index in [9.17, 15) is 9.90 Å². The van der Waals surface area contributed by atoms with E-state index in [1.165, 1.54) is 0 Å². The zero-order valence-electron chi connectivity index (χ0n) is 18.6. The first-order valence-electron chi connectivity index (χ1n) is 11.4. The summed E-state index contributed by atoms with van der Waals surface area (Å²) in [6.45, 7) is 9.21. The number of rotatable bonds is 3. The number of fused-ring (bicyclic) bond motifs is 5. The van der Waals surface area contributed by atoms with Crippen LogP contribution in [-0.2, 0) is 6.54 Å². The minimum absolute atomic E-state index is 0.0159. The summed E-state index contributed by atoms with van der Waals surface area (Å²) in [5.41, 5.74) is 6.46. The van der Waals surface area contributed by atoms with Crippen molar-refractivity contribution in [3.05, 3.63) is 89.7 Å². The van der Waals surface area contributed by atoms with E-state index in [1.807, 2.05) is 53.6 Å². The maximum absolute atomic E-state index is 13.2. The van der Waals surface area contributed by atoms with Gasteiger partial charge in [-0.25, -0.2) is 9.83 Å². The number of imidazole rings is 1. The number of amides is 1. The molecule has 1 fully saturated rings. The number of likely N-dealkylation sites (tertiary alicyclic amines) is 1. The van der Waals surface area contributed by atoms with E-state index in [0.717, 1.165) is 40.3 Å². The topological polar surface area (TPSA) is 67.7 Å². The number of benzene rings is 2. The van der Waals surface area contributed by atoms with Gasteiger partial charge in [-0.3, -0.25) is 9.36 Å². The highest BCUT2D eigenvalue weighted by Crippen LogP contribution is 2.35. The number of aliphatic hydroxyl groups is 1. The molecule has 4 heterocycles. The van der Waals surface area contributed by atoms with E-state index in [2.05, 4.69) is 31.2 Å². The molecule has 168 valence electrons. The van der Waals surface area contributed by atoms with Gasteiger partial charge < -0.3 is 14.6 Å². The van der Waals surface area contributed by atoms with Gasteiger partial charge in [0.25, 0.3) is 5.91 Å². The number of aliphatic hydroxyl groups excluding tert-OH is 1. The average molecular weight is 450 g/mol. The van der Waals surface area contributed by atoms with E-state index in [4.69, 9.17) is 6.57 Å². The second kappa shape index (κ2) is 8.01. The van der Waals surface area contributed by atoms with E-state index in [-0.39, 0.29) is 18.4 Å². The molecule has 1 atom stereocenters. The third-order valence-corrected chi connectivity index (χ3v) is 6.85. The van der Waals surface area contributed by atoms with Crippen LogP contribution in [0.2, 0.25) is 0 Å². The summed E-state index contributed by atoms with van der Waals surface area (Å²) in [5.74, 6) is 1.04. The molecule has 7 nitrogen and oxygen atoms in total. The van der Waals surface area contributed by atoms with Crippen molar-refractivity contribution in [1.82, 2.24) is 19.0 Å². The van der Waals surface area contributed by atoms with Gasteiger partial charge >= 0.3 is 0 Å². The van der Waals surface area contributed by atoms with Gasteiger partial charge in [-0.1, -0.05) is 24.3 Å². The SMILES string of the molecule is [C-]#[N+]c1ccc(-c2cc3n(c2)Cc2cc(C(=O)N4CCC(CO)C4)ccc2-n2ccnc2-3)cc1. The van der Waals surface area contributed by atoms with E-state index in [1.54, 1.807) is 6.20 Å². The third-order valence-electron chi connectivity index (χ3n) is 6.85. The highest BCUT2D eigenvalue weighted by atomic mass is 16.3. The Hall–Kier alpha value is -4.15. The molecule has 0 spiro atoms. The molecule has 1 N–H and O–H groups in total. The second-order valence-corrected chi connectivity index (χ2v) is 8.95. The van der Waals surface area contributed by atoms with Crippen LogP contribution in [0.1, 0.15) is 22.3 Å². The number of nitrogens with zero attached hydrogens (tertiary/aromatic N) is 5. The predicted octanol–water partition coefficient (Wildman–Crippen LogP) is 4.37. The zero-order valence-corrected chi connectivity index (χ0v) is 18.6. The molecule has 2 aromatic heterocycles. The van der Waals surface area contributed by atoms with Crippen molar-refractivity contribution in [2.75, 3.05) is 19.7 Å². The van der Waals surface area contributed by atoms with Crippen LogP contribution in [0.25, 0.3) is 33.2 Å². The molecule has 2 aliphatic rings. The van der Waals surface area contributed by atoms with E-state index >= 15 is 0 Å². The van der Waals surface area contributed by atoms with Crippen molar-refractivity contribution in [3.63, 3.8) is 0 Å². The van der Waals surface area contributed by atoms with Gasteiger partial charge in [0.1, 0.15) is 0 Å². The smallest absolute Gasteiger partial charge is 0.253 e. The molecule has 2 aromatic carbocycles. The van der Waals surface area contributed by atoms with E-state index in [0.29, 0.717) is 30.9 Å². The maximum Gasteiger partial charge on any atom is 0.253 e. The van der Waals surface area contributed by atoms with Gasteiger partial charge in [0.15, 0.2) is 11.5 Å². The van der Waals surface area contributed by atoms with E-state index < -0.39 is 0 Å². The molecule has 0 radical (unpaired) electrons. The minimum atomic E-state index is 0.0159.